The highest BCUT2D eigenvalue weighted by Crippen LogP contribution is 2.35. The molecule has 0 saturated carbocycles. The Kier molecular flexibility index (Phi) is 8.22. The van der Waals surface area contributed by atoms with E-state index in [0.29, 0.717) is 45.0 Å². The van der Waals surface area contributed by atoms with Crippen molar-refractivity contribution in [3.05, 3.63) is 83.3 Å². The van der Waals surface area contributed by atoms with Gasteiger partial charge in [0, 0.05) is 25.3 Å². The molecule has 31 heavy (non-hydrogen) atoms. The average molecular weight is 422 g/mol. The SMILES string of the molecule is C#CCOCCNCCC(=C)NC(=O)N1CCc2ccccc2[C@@H]1c1ccc(F)cc1. The molecule has 162 valence electrons. The second-order valence-corrected chi connectivity index (χ2v) is 7.39. The van der Waals surface area contributed by atoms with Gasteiger partial charge in [-0.15, -0.1) is 6.42 Å². The molecule has 0 spiro atoms. The first kappa shape index (κ1) is 22.5. The van der Waals surface area contributed by atoms with E-state index in [1.165, 1.54) is 17.7 Å². The summed E-state index contributed by atoms with van der Waals surface area (Å²) < 4.78 is 18.7. The zero-order chi connectivity index (χ0) is 22.1. The summed E-state index contributed by atoms with van der Waals surface area (Å²) in [4.78, 5) is 14.9. The van der Waals surface area contributed by atoms with Crippen molar-refractivity contribution in [3.63, 3.8) is 0 Å². The fourth-order valence-electron chi connectivity index (χ4n) is 3.72. The zero-order valence-corrected chi connectivity index (χ0v) is 17.6. The van der Waals surface area contributed by atoms with Crippen molar-refractivity contribution < 1.29 is 13.9 Å². The molecule has 0 aliphatic carbocycles. The minimum Gasteiger partial charge on any atom is -0.367 e. The Morgan fingerprint density at radius 1 is 1.23 bits per heavy atom. The molecule has 0 fully saturated rings. The summed E-state index contributed by atoms with van der Waals surface area (Å²) in [6.45, 7) is 6.75. The van der Waals surface area contributed by atoms with Gasteiger partial charge >= 0.3 is 6.03 Å². The maximum atomic E-state index is 13.5. The Bertz CT molecular complexity index is 937. The van der Waals surface area contributed by atoms with Gasteiger partial charge in [0.2, 0.25) is 0 Å². The predicted molar refractivity (Wildman–Crippen MR) is 120 cm³/mol. The second-order valence-electron chi connectivity index (χ2n) is 7.39. The Morgan fingerprint density at radius 2 is 2.00 bits per heavy atom. The minimum absolute atomic E-state index is 0.203. The Balaban J connectivity index is 1.62. The van der Waals surface area contributed by atoms with Gasteiger partial charge in [0.25, 0.3) is 0 Å². The van der Waals surface area contributed by atoms with E-state index in [1.807, 2.05) is 18.2 Å². The minimum atomic E-state index is -0.297. The second kappa shape index (κ2) is 11.3. The van der Waals surface area contributed by atoms with Crippen molar-refractivity contribution in [2.45, 2.75) is 18.9 Å². The lowest BCUT2D eigenvalue weighted by Crippen LogP contribution is -2.45. The van der Waals surface area contributed by atoms with Gasteiger partial charge in [-0.25, -0.2) is 9.18 Å². The number of benzene rings is 2. The van der Waals surface area contributed by atoms with E-state index >= 15 is 0 Å². The van der Waals surface area contributed by atoms with E-state index in [4.69, 9.17) is 11.2 Å². The molecule has 0 unspecified atom stereocenters. The molecule has 0 bridgehead atoms. The molecule has 2 N–H and O–H groups in total. The van der Waals surface area contributed by atoms with Crippen LogP contribution in [-0.2, 0) is 11.2 Å². The summed E-state index contributed by atoms with van der Waals surface area (Å²) in [5.41, 5.74) is 3.78. The molecule has 1 aliphatic heterocycles. The maximum Gasteiger partial charge on any atom is 0.322 e. The lowest BCUT2D eigenvalue weighted by Gasteiger charge is -2.38. The lowest BCUT2D eigenvalue weighted by molar-refractivity contribution is 0.168. The smallest absolute Gasteiger partial charge is 0.322 e. The van der Waals surface area contributed by atoms with E-state index in [-0.39, 0.29) is 17.9 Å². The highest BCUT2D eigenvalue weighted by molar-refractivity contribution is 5.77. The third kappa shape index (κ3) is 6.17. The van der Waals surface area contributed by atoms with Gasteiger partial charge in [-0.2, -0.15) is 0 Å². The number of halogens is 1. The number of urea groups is 1. The van der Waals surface area contributed by atoms with Gasteiger partial charge in [-0.1, -0.05) is 48.9 Å². The number of nitrogens with one attached hydrogen (secondary N) is 2. The molecular formula is C25H28FN3O2. The van der Waals surface area contributed by atoms with Gasteiger partial charge in [-0.3, -0.25) is 0 Å². The summed E-state index contributed by atoms with van der Waals surface area (Å²) >= 11 is 0. The third-order valence-corrected chi connectivity index (χ3v) is 5.23. The average Bonchev–Trinajstić information content (AvgIpc) is 2.78. The van der Waals surface area contributed by atoms with E-state index in [2.05, 4.69) is 29.2 Å². The van der Waals surface area contributed by atoms with Crippen LogP contribution in [0.5, 0.6) is 0 Å². The number of amides is 2. The van der Waals surface area contributed by atoms with Crippen LogP contribution in [0, 0.1) is 18.2 Å². The fraction of sp³-hybridized carbons (Fsp3) is 0.320. The fourth-order valence-corrected chi connectivity index (χ4v) is 3.72. The molecule has 3 rings (SSSR count). The van der Waals surface area contributed by atoms with Crippen LogP contribution in [0.15, 0.2) is 60.8 Å². The summed E-state index contributed by atoms with van der Waals surface area (Å²) in [5.74, 6) is 2.12. The molecular weight excluding hydrogens is 393 g/mol. The van der Waals surface area contributed by atoms with Gasteiger partial charge < -0.3 is 20.3 Å². The van der Waals surface area contributed by atoms with Gasteiger partial charge in [0.1, 0.15) is 12.4 Å². The van der Waals surface area contributed by atoms with E-state index in [1.54, 1.807) is 17.0 Å². The molecule has 0 radical (unpaired) electrons. The van der Waals surface area contributed by atoms with Crippen LogP contribution in [0.4, 0.5) is 9.18 Å². The number of fused-ring (bicyclic) bond motifs is 1. The van der Waals surface area contributed by atoms with Crippen molar-refractivity contribution >= 4 is 6.03 Å². The van der Waals surface area contributed by atoms with E-state index in [0.717, 1.165) is 17.5 Å². The zero-order valence-electron chi connectivity index (χ0n) is 17.6. The topological polar surface area (TPSA) is 53.6 Å². The van der Waals surface area contributed by atoms with E-state index in [9.17, 15) is 9.18 Å². The summed E-state index contributed by atoms with van der Waals surface area (Å²) in [7, 11) is 0. The van der Waals surface area contributed by atoms with Crippen molar-refractivity contribution in [3.8, 4) is 12.3 Å². The number of hydrogen-bond donors (Lipinski definition) is 2. The molecule has 1 aliphatic rings. The molecule has 2 aromatic rings. The van der Waals surface area contributed by atoms with Crippen LogP contribution < -0.4 is 10.6 Å². The molecule has 6 heteroatoms. The van der Waals surface area contributed by atoms with Crippen LogP contribution >= 0.6 is 0 Å². The van der Waals surface area contributed by atoms with Crippen LogP contribution in [-0.4, -0.2) is 43.8 Å². The van der Waals surface area contributed by atoms with Crippen molar-refractivity contribution in [1.29, 1.82) is 0 Å². The molecule has 1 atom stereocenters. The Morgan fingerprint density at radius 3 is 2.77 bits per heavy atom. The standard InChI is InChI=1S/C25H28FN3O2/c1-3-17-31-18-15-27-14-12-19(2)28-25(30)29-16-13-20-6-4-5-7-23(20)24(29)21-8-10-22(26)11-9-21/h1,4-11,24,27H,2,12-18H2,(H,28,30)/t24-/m0/s1. The molecule has 5 nitrogen and oxygen atoms in total. The number of terminal acetylenes is 1. The largest absolute Gasteiger partial charge is 0.367 e. The van der Waals surface area contributed by atoms with Crippen molar-refractivity contribution in [2.75, 3.05) is 32.8 Å². The monoisotopic (exact) mass is 421 g/mol. The first-order chi connectivity index (χ1) is 15.1. The number of nitrogens with zero attached hydrogens (tertiary/aromatic N) is 1. The van der Waals surface area contributed by atoms with Gasteiger partial charge in [-0.05, 0) is 41.7 Å². The number of hydrogen-bond acceptors (Lipinski definition) is 3. The number of carbonyl (C=O) groups is 1. The summed E-state index contributed by atoms with van der Waals surface area (Å²) in [6.07, 6.45) is 6.50. The number of carbonyl (C=O) groups excluding carboxylic acids is 1. The molecule has 1 heterocycles. The summed E-state index contributed by atoms with van der Waals surface area (Å²) in [6, 6.07) is 13.9. The Labute approximate surface area is 183 Å². The van der Waals surface area contributed by atoms with Gasteiger partial charge in [0.15, 0.2) is 0 Å². The highest BCUT2D eigenvalue weighted by Gasteiger charge is 2.32. The van der Waals surface area contributed by atoms with Crippen LogP contribution in [0.3, 0.4) is 0 Å². The Hall–Kier alpha value is -3.14. The van der Waals surface area contributed by atoms with E-state index < -0.39 is 0 Å². The quantitative estimate of drug-likeness (QED) is 0.480. The van der Waals surface area contributed by atoms with Crippen molar-refractivity contribution in [2.24, 2.45) is 0 Å². The number of rotatable bonds is 9. The summed E-state index contributed by atoms with van der Waals surface area (Å²) in [5, 5.41) is 6.15. The van der Waals surface area contributed by atoms with Crippen LogP contribution in [0.1, 0.15) is 29.2 Å². The predicted octanol–water partition coefficient (Wildman–Crippen LogP) is 3.63. The maximum absolute atomic E-state index is 13.5. The van der Waals surface area contributed by atoms with Gasteiger partial charge in [0.05, 0.1) is 12.6 Å². The molecule has 0 saturated heterocycles. The third-order valence-electron chi connectivity index (χ3n) is 5.23. The van der Waals surface area contributed by atoms with Crippen LogP contribution in [0.2, 0.25) is 0 Å². The molecule has 2 amide bonds. The first-order valence-corrected chi connectivity index (χ1v) is 10.4. The normalized spacial score (nSPS) is 15.1. The number of ether oxygens (including phenoxy) is 1. The highest BCUT2D eigenvalue weighted by atomic mass is 19.1. The van der Waals surface area contributed by atoms with Crippen molar-refractivity contribution in [1.82, 2.24) is 15.5 Å². The first-order valence-electron chi connectivity index (χ1n) is 10.4. The van der Waals surface area contributed by atoms with Crippen LogP contribution in [0.25, 0.3) is 0 Å². The lowest BCUT2D eigenvalue weighted by atomic mass is 9.88. The molecule has 2 aromatic carbocycles. The molecule has 0 aromatic heterocycles.